The molecular formula is C19H16BrN3O2S. The molecule has 5 nitrogen and oxygen atoms in total. The number of benzene rings is 2. The van der Waals surface area contributed by atoms with Gasteiger partial charge in [-0.3, -0.25) is 9.59 Å². The number of para-hydroxylation sites is 1. The van der Waals surface area contributed by atoms with Crippen molar-refractivity contribution >= 4 is 44.8 Å². The first kappa shape index (κ1) is 18.3. The van der Waals surface area contributed by atoms with Crippen LogP contribution < -0.4 is 10.6 Å². The van der Waals surface area contributed by atoms with E-state index in [4.69, 9.17) is 0 Å². The summed E-state index contributed by atoms with van der Waals surface area (Å²) in [4.78, 5) is 28.6. The van der Waals surface area contributed by atoms with E-state index < -0.39 is 0 Å². The average Bonchev–Trinajstić information content (AvgIpc) is 3.12. The van der Waals surface area contributed by atoms with Crippen molar-refractivity contribution in [3.05, 3.63) is 69.6 Å². The summed E-state index contributed by atoms with van der Waals surface area (Å²) in [7, 11) is 0. The lowest BCUT2D eigenvalue weighted by molar-refractivity contribution is -0.115. The molecule has 0 aliphatic carbocycles. The maximum atomic E-state index is 12.2. The lowest BCUT2D eigenvalue weighted by Crippen LogP contribution is -2.33. The zero-order valence-electron chi connectivity index (χ0n) is 14.0. The molecular weight excluding hydrogens is 414 g/mol. The lowest BCUT2D eigenvalue weighted by Gasteiger charge is -2.07. The molecule has 0 aliphatic rings. The van der Waals surface area contributed by atoms with E-state index in [2.05, 4.69) is 31.5 Å². The average molecular weight is 430 g/mol. The molecule has 0 unspecified atom stereocenters. The molecule has 0 atom stereocenters. The lowest BCUT2D eigenvalue weighted by atomic mass is 10.2. The third-order valence-corrected chi connectivity index (χ3v) is 5.18. The molecule has 0 radical (unpaired) electrons. The number of amides is 2. The molecule has 26 heavy (non-hydrogen) atoms. The van der Waals surface area contributed by atoms with Gasteiger partial charge in [0, 0.05) is 15.4 Å². The highest BCUT2D eigenvalue weighted by atomic mass is 79.9. The van der Waals surface area contributed by atoms with Crippen LogP contribution in [0.5, 0.6) is 0 Å². The van der Waals surface area contributed by atoms with Gasteiger partial charge in [0.25, 0.3) is 5.91 Å². The zero-order valence-corrected chi connectivity index (χ0v) is 16.4. The summed E-state index contributed by atoms with van der Waals surface area (Å²) in [5, 5.41) is 7.79. The SMILES string of the molecule is Cc1ccc(-c2nc(C(=O)NCC(=O)Nc3ccccc3Br)cs2)cc1. The fourth-order valence-electron chi connectivity index (χ4n) is 2.21. The monoisotopic (exact) mass is 429 g/mol. The number of rotatable bonds is 5. The van der Waals surface area contributed by atoms with Crippen LogP contribution in [0.3, 0.4) is 0 Å². The molecule has 0 spiro atoms. The third kappa shape index (κ3) is 4.56. The van der Waals surface area contributed by atoms with Gasteiger partial charge in [-0.05, 0) is 35.0 Å². The topological polar surface area (TPSA) is 71.1 Å². The molecule has 1 aromatic heterocycles. The number of halogens is 1. The van der Waals surface area contributed by atoms with Gasteiger partial charge in [0.15, 0.2) is 0 Å². The molecule has 1 heterocycles. The van der Waals surface area contributed by atoms with Crippen LogP contribution in [0.25, 0.3) is 10.6 Å². The molecule has 0 bridgehead atoms. The Labute approximate surface area is 163 Å². The largest absolute Gasteiger partial charge is 0.342 e. The molecule has 0 saturated heterocycles. The summed E-state index contributed by atoms with van der Waals surface area (Å²) in [6, 6.07) is 15.2. The Morgan fingerprint density at radius 2 is 1.85 bits per heavy atom. The summed E-state index contributed by atoms with van der Waals surface area (Å²) in [6.07, 6.45) is 0. The standard InChI is InChI=1S/C19H16BrN3O2S/c1-12-6-8-13(9-7-12)19-23-16(11-26-19)18(25)21-10-17(24)22-15-5-3-2-4-14(15)20/h2-9,11H,10H2,1H3,(H,21,25)(H,22,24). The van der Waals surface area contributed by atoms with Crippen molar-refractivity contribution in [3.8, 4) is 10.6 Å². The predicted molar refractivity (Wildman–Crippen MR) is 107 cm³/mol. The summed E-state index contributed by atoms with van der Waals surface area (Å²) < 4.78 is 0.780. The number of hydrogen-bond acceptors (Lipinski definition) is 4. The summed E-state index contributed by atoms with van der Waals surface area (Å²) >= 11 is 4.76. The van der Waals surface area contributed by atoms with Gasteiger partial charge < -0.3 is 10.6 Å². The van der Waals surface area contributed by atoms with E-state index in [-0.39, 0.29) is 18.4 Å². The van der Waals surface area contributed by atoms with Crippen molar-refractivity contribution in [2.24, 2.45) is 0 Å². The van der Waals surface area contributed by atoms with Crippen molar-refractivity contribution in [2.75, 3.05) is 11.9 Å². The molecule has 0 fully saturated rings. The van der Waals surface area contributed by atoms with E-state index in [1.54, 1.807) is 11.4 Å². The Bertz CT molecular complexity index is 938. The third-order valence-electron chi connectivity index (χ3n) is 3.59. The number of carbonyl (C=O) groups is 2. The molecule has 3 rings (SSSR count). The second-order valence-corrected chi connectivity index (χ2v) is 7.33. The van der Waals surface area contributed by atoms with Crippen LogP contribution in [-0.2, 0) is 4.79 Å². The van der Waals surface area contributed by atoms with Gasteiger partial charge in [-0.25, -0.2) is 4.98 Å². The second-order valence-electron chi connectivity index (χ2n) is 5.61. The van der Waals surface area contributed by atoms with Crippen LogP contribution in [0, 0.1) is 6.92 Å². The first-order valence-electron chi connectivity index (χ1n) is 7.88. The normalized spacial score (nSPS) is 10.4. The van der Waals surface area contributed by atoms with Crippen molar-refractivity contribution in [2.45, 2.75) is 6.92 Å². The summed E-state index contributed by atoms with van der Waals surface area (Å²) in [5.74, 6) is -0.680. The van der Waals surface area contributed by atoms with E-state index in [0.717, 1.165) is 15.0 Å². The zero-order chi connectivity index (χ0) is 18.5. The van der Waals surface area contributed by atoms with Gasteiger partial charge in [0.05, 0.1) is 12.2 Å². The van der Waals surface area contributed by atoms with Crippen LogP contribution >= 0.6 is 27.3 Å². The summed E-state index contributed by atoms with van der Waals surface area (Å²) in [6.45, 7) is 1.89. The minimum Gasteiger partial charge on any atom is -0.342 e. The number of anilines is 1. The molecule has 2 amide bonds. The smallest absolute Gasteiger partial charge is 0.271 e. The van der Waals surface area contributed by atoms with Crippen LogP contribution in [0.4, 0.5) is 5.69 Å². The molecule has 3 aromatic rings. The fraction of sp³-hybridized carbons (Fsp3) is 0.105. The van der Waals surface area contributed by atoms with Crippen molar-refractivity contribution in [1.82, 2.24) is 10.3 Å². The maximum absolute atomic E-state index is 12.2. The van der Waals surface area contributed by atoms with Crippen LogP contribution in [-0.4, -0.2) is 23.3 Å². The number of thiazole rings is 1. The highest BCUT2D eigenvalue weighted by Crippen LogP contribution is 2.24. The number of nitrogens with zero attached hydrogens (tertiary/aromatic N) is 1. The van der Waals surface area contributed by atoms with Gasteiger partial charge in [0.1, 0.15) is 10.7 Å². The van der Waals surface area contributed by atoms with E-state index in [9.17, 15) is 9.59 Å². The van der Waals surface area contributed by atoms with Gasteiger partial charge >= 0.3 is 0 Å². The Morgan fingerprint density at radius 3 is 2.58 bits per heavy atom. The highest BCUT2D eigenvalue weighted by molar-refractivity contribution is 9.10. The second kappa shape index (κ2) is 8.25. The molecule has 2 N–H and O–H groups in total. The quantitative estimate of drug-likeness (QED) is 0.636. The Kier molecular flexibility index (Phi) is 5.80. The number of aryl methyl sites for hydroxylation is 1. The van der Waals surface area contributed by atoms with E-state index in [0.29, 0.717) is 11.4 Å². The van der Waals surface area contributed by atoms with E-state index >= 15 is 0 Å². The van der Waals surface area contributed by atoms with Gasteiger partial charge in [-0.15, -0.1) is 11.3 Å². The van der Waals surface area contributed by atoms with Crippen LogP contribution in [0.2, 0.25) is 0 Å². The minimum absolute atomic E-state index is 0.127. The van der Waals surface area contributed by atoms with Crippen LogP contribution in [0.15, 0.2) is 58.4 Å². The molecule has 2 aromatic carbocycles. The van der Waals surface area contributed by atoms with Crippen LogP contribution in [0.1, 0.15) is 16.1 Å². The summed E-state index contributed by atoms with van der Waals surface area (Å²) in [5.41, 5.74) is 3.09. The molecule has 132 valence electrons. The van der Waals surface area contributed by atoms with Crippen molar-refractivity contribution in [1.29, 1.82) is 0 Å². The molecule has 7 heteroatoms. The number of nitrogens with one attached hydrogen (secondary N) is 2. The highest BCUT2D eigenvalue weighted by Gasteiger charge is 2.13. The Hall–Kier alpha value is -2.51. The fourth-order valence-corrected chi connectivity index (χ4v) is 3.40. The number of aromatic nitrogens is 1. The first-order chi connectivity index (χ1) is 12.5. The number of hydrogen-bond donors (Lipinski definition) is 2. The van der Waals surface area contributed by atoms with E-state index in [1.165, 1.54) is 16.9 Å². The minimum atomic E-state index is -0.373. The Balaban J connectivity index is 1.58. The van der Waals surface area contributed by atoms with E-state index in [1.807, 2.05) is 49.4 Å². The first-order valence-corrected chi connectivity index (χ1v) is 9.55. The van der Waals surface area contributed by atoms with Crippen molar-refractivity contribution in [3.63, 3.8) is 0 Å². The van der Waals surface area contributed by atoms with Crippen molar-refractivity contribution < 1.29 is 9.59 Å². The Morgan fingerprint density at radius 1 is 1.12 bits per heavy atom. The predicted octanol–water partition coefficient (Wildman–Crippen LogP) is 4.25. The van der Waals surface area contributed by atoms with Gasteiger partial charge in [-0.1, -0.05) is 42.0 Å². The van der Waals surface area contributed by atoms with Gasteiger partial charge in [0.2, 0.25) is 5.91 Å². The maximum Gasteiger partial charge on any atom is 0.271 e. The van der Waals surface area contributed by atoms with Gasteiger partial charge in [-0.2, -0.15) is 0 Å². The number of carbonyl (C=O) groups excluding carboxylic acids is 2. The molecule has 0 aliphatic heterocycles. The molecule has 0 saturated carbocycles.